The van der Waals surface area contributed by atoms with E-state index in [0.29, 0.717) is 11.5 Å². The van der Waals surface area contributed by atoms with E-state index >= 15 is 0 Å². The van der Waals surface area contributed by atoms with Crippen LogP contribution in [0.5, 0.6) is 5.88 Å². The van der Waals surface area contributed by atoms with Gasteiger partial charge in [0.05, 0.1) is 24.2 Å². The molecule has 0 saturated heterocycles. The highest BCUT2D eigenvalue weighted by Crippen LogP contribution is 2.33. The lowest BCUT2D eigenvalue weighted by Crippen LogP contribution is -2.27. The summed E-state index contributed by atoms with van der Waals surface area (Å²) in [6, 6.07) is 26.8. The van der Waals surface area contributed by atoms with Crippen molar-refractivity contribution in [2.75, 3.05) is 19.9 Å². The normalized spacial score (nSPS) is 12.6. The van der Waals surface area contributed by atoms with Crippen LogP contribution in [0.3, 0.4) is 0 Å². The van der Waals surface area contributed by atoms with Gasteiger partial charge in [0.25, 0.3) is 0 Å². The Morgan fingerprint density at radius 2 is 1.66 bits per heavy atom. The van der Waals surface area contributed by atoms with Gasteiger partial charge >= 0.3 is 0 Å². The van der Waals surface area contributed by atoms with Gasteiger partial charge in [-0.05, 0) is 41.8 Å². The molecular weight excluding hydrogens is 498 g/mol. The standard InChI is InChI=1S/C29H29N5O3S/c1-20(22-12-8-5-9-13-22)34-26-16-23(14-15-25(26)32-29(34)30)24-17-27(28(37-3)31-18-24)38(35,36)33(2)19-21-10-6-4-7-11-21/h4-18,20H,19H2,1-3H3,(H2,30,32)/t20-/m1/s1. The number of sulfonamides is 1. The number of methoxy groups -OCH3 is 1. The molecule has 2 N–H and O–H groups in total. The van der Waals surface area contributed by atoms with E-state index in [1.54, 1.807) is 19.3 Å². The van der Waals surface area contributed by atoms with Crippen LogP contribution in [-0.2, 0) is 16.6 Å². The van der Waals surface area contributed by atoms with E-state index in [2.05, 4.69) is 29.0 Å². The van der Waals surface area contributed by atoms with Gasteiger partial charge in [-0.25, -0.2) is 18.4 Å². The van der Waals surface area contributed by atoms with Crippen molar-refractivity contribution in [2.45, 2.75) is 24.4 Å². The molecule has 0 saturated carbocycles. The number of nitrogens with two attached hydrogens (primary N) is 1. The Bertz CT molecular complexity index is 1690. The molecule has 5 rings (SSSR count). The van der Waals surface area contributed by atoms with Gasteiger partial charge in [-0.15, -0.1) is 0 Å². The highest BCUT2D eigenvalue weighted by atomic mass is 32.2. The second kappa shape index (κ2) is 10.3. The first-order valence-corrected chi connectivity index (χ1v) is 13.6. The Kier molecular flexibility index (Phi) is 6.88. The summed E-state index contributed by atoms with van der Waals surface area (Å²) < 4.78 is 35.8. The van der Waals surface area contributed by atoms with Crippen molar-refractivity contribution in [3.05, 3.63) is 102 Å². The first-order valence-electron chi connectivity index (χ1n) is 12.2. The number of fused-ring (bicyclic) bond motifs is 1. The Morgan fingerprint density at radius 3 is 2.34 bits per heavy atom. The summed E-state index contributed by atoms with van der Waals surface area (Å²) >= 11 is 0. The summed E-state index contributed by atoms with van der Waals surface area (Å²) in [5.74, 6) is 0.453. The van der Waals surface area contributed by atoms with Gasteiger partial charge in [-0.2, -0.15) is 4.31 Å². The quantitative estimate of drug-likeness (QED) is 0.300. The van der Waals surface area contributed by atoms with Crippen LogP contribution < -0.4 is 10.5 Å². The molecule has 8 nitrogen and oxygen atoms in total. The van der Waals surface area contributed by atoms with Gasteiger partial charge in [-0.3, -0.25) is 0 Å². The number of nitrogen functional groups attached to an aromatic ring is 1. The summed E-state index contributed by atoms with van der Waals surface area (Å²) in [6.07, 6.45) is 1.61. The Morgan fingerprint density at radius 1 is 0.974 bits per heavy atom. The smallest absolute Gasteiger partial charge is 0.248 e. The minimum absolute atomic E-state index is 0.00158. The van der Waals surface area contributed by atoms with Gasteiger partial charge in [0, 0.05) is 25.4 Å². The van der Waals surface area contributed by atoms with Gasteiger partial charge < -0.3 is 15.0 Å². The first-order chi connectivity index (χ1) is 18.3. The maximum atomic E-state index is 13.6. The van der Waals surface area contributed by atoms with Crippen LogP contribution in [-0.4, -0.2) is 41.4 Å². The van der Waals surface area contributed by atoms with E-state index in [4.69, 9.17) is 10.5 Å². The lowest BCUT2D eigenvalue weighted by Gasteiger charge is -2.19. The van der Waals surface area contributed by atoms with E-state index in [1.807, 2.05) is 71.3 Å². The molecule has 2 heterocycles. The second-order valence-electron chi connectivity index (χ2n) is 9.11. The van der Waals surface area contributed by atoms with Crippen molar-refractivity contribution in [2.24, 2.45) is 0 Å². The Balaban J connectivity index is 1.56. The minimum Gasteiger partial charge on any atom is -0.480 e. The third-order valence-electron chi connectivity index (χ3n) is 6.67. The van der Waals surface area contributed by atoms with Crippen LogP contribution in [0.25, 0.3) is 22.2 Å². The predicted molar refractivity (Wildman–Crippen MR) is 149 cm³/mol. The maximum Gasteiger partial charge on any atom is 0.248 e. The molecule has 9 heteroatoms. The first kappa shape index (κ1) is 25.4. The summed E-state index contributed by atoms with van der Waals surface area (Å²) in [4.78, 5) is 8.89. The zero-order valence-electron chi connectivity index (χ0n) is 21.4. The fourth-order valence-electron chi connectivity index (χ4n) is 4.60. The van der Waals surface area contributed by atoms with E-state index in [0.717, 1.165) is 27.7 Å². The topological polar surface area (TPSA) is 103 Å². The number of rotatable bonds is 8. The predicted octanol–water partition coefficient (Wildman–Crippen LogP) is 5.12. The summed E-state index contributed by atoms with van der Waals surface area (Å²) in [5.41, 5.74) is 11.3. The molecule has 0 amide bonds. The lowest BCUT2D eigenvalue weighted by atomic mass is 10.1. The number of benzene rings is 3. The number of imidazole rings is 1. The number of nitrogens with zero attached hydrogens (tertiary/aromatic N) is 4. The molecule has 0 spiro atoms. The third-order valence-corrected chi connectivity index (χ3v) is 8.47. The summed E-state index contributed by atoms with van der Waals surface area (Å²) in [6.45, 7) is 2.29. The van der Waals surface area contributed by atoms with Crippen molar-refractivity contribution in [1.29, 1.82) is 0 Å². The fourth-order valence-corrected chi connectivity index (χ4v) is 5.89. The molecule has 0 unspecified atom stereocenters. The number of hydrogen-bond acceptors (Lipinski definition) is 6. The Labute approximate surface area is 222 Å². The van der Waals surface area contributed by atoms with E-state index in [1.165, 1.54) is 11.4 Å². The molecule has 0 fully saturated rings. The summed E-state index contributed by atoms with van der Waals surface area (Å²) in [5, 5.41) is 0. The van der Waals surface area contributed by atoms with Gasteiger partial charge in [0.1, 0.15) is 4.90 Å². The van der Waals surface area contributed by atoms with Crippen LogP contribution in [0.1, 0.15) is 24.1 Å². The van der Waals surface area contributed by atoms with E-state index < -0.39 is 10.0 Å². The molecule has 0 bridgehead atoms. The number of pyridine rings is 1. The summed E-state index contributed by atoms with van der Waals surface area (Å²) in [7, 11) is -0.936. The Hall–Kier alpha value is -4.21. The minimum atomic E-state index is -3.90. The molecule has 0 radical (unpaired) electrons. The van der Waals surface area contributed by atoms with Crippen molar-refractivity contribution < 1.29 is 13.2 Å². The molecule has 0 aliphatic carbocycles. The highest BCUT2D eigenvalue weighted by molar-refractivity contribution is 7.89. The number of hydrogen-bond donors (Lipinski definition) is 1. The zero-order chi connectivity index (χ0) is 26.9. The molecule has 194 valence electrons. The van der Waals surface area contributed by atoms with Crippen LogP contribution in [0, 0.1) is 0 Å². The molecular formula is C29H29N5O3S. The third kappa shape index (κ3) is 4.73. The van der Waals surface area contributed by atoms with Gasteiger partial charge in [-0.1, -0.05) is 66.7 Å². The zero-order valence-corrected chi connectivity index (χ0v) is 22.3. The monoisotopic (exact) mass is 527 g/mol. The molecule has 1 atom stereocenters. The molecule has 5 aromatic rings. The largest absolute Gasteiger partial charge is 0.480 e. The van der Waals surface area contributed by atoms with Gasteiger partial charge in [0.2, 0.25) is 21.9 Å². The number of anilines is 1. The van der Waals surface area contributed by atoms with Gasteiger partial charge in [0.15, 0.2) is 0 Å². The van der Waals surface area contributed by atoms with Crippen LogP contribution in [0.15, 0.2) is 96.0 Å². The molecule has 38 heavy (non-hydrogen) atoms. The number of aromatic nitrogens is 3. The van der Waals surface area contributed by atoms with Crippen molar-refractivity contribution >= 4 is 27.0 Å². The lowest BCUT2D eigenvalue weighted by molar-refractivity contribution is 0.381. The number of ether oxygens (including phenoxy) is 1. The van der Waals surface area contributed by atoms with Crippen molar-refractivity contribution in [3.8, 4) is 17.0 Å². The highest BCUT2D eigenvalue weighted by Gasteiger charge is 2.27. The van der Waals surface area contributed by atoms with E-state index in [-0.39, 0.29) is 23.4 Å². The van der Waals surface area contributed by atoms with Crippen molar-refractivity contribution in [3.63, 3.8) is 0 Å². The average Bonchev–Trinajstić information content (AvgIpc) is 3.28. The van der Waals surface area contributed by atoms with Crippen LogP contribution in [0.2, 0.25) is 0 Å². The SMILES string of the molecule is COc1ncc(-c2ccc3nc(N)n([C@H](C)c4ccccc4)c3c2)cc1S(=O)(=O)N(C)Cc1ccccc1. The molecule has 0 aliphatic heterocycles. The second-order valence-corrected chi connectivity index (χ2v) is 11.1. The van der Waals surface area contributed by atoms with E-state index in [9.17, 15) is 8.42 Å². The van der Waals surface area contributed by atoms with Crippen molar-refractivity contribution in [1.82, 2.24) is 18.8 Å². The molecule has 0 aliphatic rings. The fraction of sp³-hybridized carbons (Fsp3) is 0.172. The molecule has 3 aromatic carbocycles. The molecule has 2 aromatic heterocycles. The van der Waals surface area contributed by atoms with Crippen LogP contribution >= 0.6 is 0 Å². The van der Waals surface area contributed by atoms with Crippen LogP contribution in [0.4, 0.5) is 5.95 Å². The average molecular weight is 528 g/mol. The maximum absolute atomic E-state index is 13.6.